The maximum Gasteiger partial charge on any atom is 0.306 e. The van der Waals surface area contributed by atoms with Gasteiger partial charge in [-0.25, -0.2) is 13.1 Å². The highest BCUT2D eigenvalue weighted by molar-refractivity contribution is 7.89. The molecule has 0 saturated carbocycles. The van der Waals surface area contributed by atoms with Gasteiger partial charge in [0.2, 0.25) is 10.0 Å². The van der Waals surface area contributed by atoms with Crippen molar-refractivity contribution in [2.24, 2.45) is 11.7 Å². The number of sulfonamides is 1. The van der Waals surface area contributed by atoms with E-state index in [2.05, 4.69) is 9.46 Å². The molecule has 7 heteroatoms. The molecule has 0 radical (unpaired) electrons. The standard InChI is InChI=1S/C11H24N2O4S/c1-4-17-11(14)5-6-18(15,16)13-10(8-12)7-9(2)3/h9-10,13H,4-8,12H2,1-3H3. The van der Waals surface area contributed by atoms with Crippen LogP contribution in [0.25, 0.3) is 0 Å². The average Bonchev–Trinajstić information content (AvgIpc) is 2.25. The first-order valence-electron chi connectivity index (χ1n) is 6.16. The van der Waals surface area contributed by atoms with Crippen LogP contribution in [0.1, 0.15) is 33.6 Å². The second-order valence-electron chi connectivity index (χ2n) is 4.55. The van der Waals surface area contributed by atoms with Crippen LogP contribution in [0, 0.1) is 5.92 Å². The van der Waals surface area contributed by atoms with Gasteiger partial charge in [-0.3, -0.25) is 4.79 Å². The minimum absolute atomic E-state index is 0.137. The van der Waals surface area contributed by atoms with E-state index in [0.717, 1.165) is 0 Å². The number of hydrogen-bond acceptors (Lipinski definition) is 5. The molecule has 0 spiro atoms. The van der Waals surface area contributed by atoms with Gasteiger partial charge in [0.1, 0.15) is 0 Å². The minimum atomic E-state index is -3.48. The topological polar surface area (TPSA) is 98.5 Å². The van der Waals surface area contributed by atoms with E-state index < -0.39 is 16.0 Å². The molecule has 0 aliphatic carbocycles. The van der Waals surface area contributed by atoms with Crippen LogP contribution in [0.3, 0.4) is 0 Å². The molecule has 0 heterocycles. The summed E-state index contributed by atoms with van der Waals surface area (Å²) < 4.78 is 30.6. The molecule has 0 bridgehead atoms. The molecule has 1 unspecified atom stereocenters. The summed E-state index contributed by atoms with van der Waals surface area (Å²) in [6, 6.07) is -0.280. The minimum Gasteiger partial charge on any atom is -0.466 e. The Labute approximate surface area is 109 Å². The summed E-state index contributed by atoms with van der Waals surface area (Å²) >= 11 is 0. The number of rotatable bonds is 9. The third-order valence-electron chi connectivity index (χ3n) is 2.27. The number of carbonyl (C=O) groups excluding carboxylic acids is 1. The summed E-state index contributed by atoms with van der Waals surface area (Å²) in [7, 11) is -3.48. The fourth-order valence-corrected chi connectivity index (χ4v) is 2.78. The summed E-state index contributed by atoms with van der Waals surface area (Å²) in [5, 5.41) is 0. The van der Waals surface area contributed by atoms with Gasteiger partial charge >= 0.3 is 5.97 Å². The molecule has 0 aromatic rings. The molecule has 18 heavy (non-hydrogen) atoms. The Bertz CT molecular complexity index is 341. The molecule has 0 amide bonds. The number of nitrogens with two attached hydrogens (primary N) is 1. The van der Waals surface area contributed by atoms with Crippen molar-refractivity contribution in [2.75, 3.05) is 18.9 Å². The normalized spacial score (nSPS) is 13.6. The number of nitrogens with one attached hydrogen (secondary N) is 1. The maximum absolute atomic E-state index is 11.7. The first kappa shape index (κ1) is 17.3. The van der Waals surface area contributed by atoms with Gasteiger partial charge in [0.05, 0.1) is 18.8 Å². The van der Waals surface area contributed by atoms with E-state index in [-0.39, 0.29) is 31.4 Å². The molecule has 0 aromatic heterocycles. The third-order valence-corrected chi connectivity index (χ3v) is 3.70. The van der Waals surface area contributed by atoms with Crippen LogP contribution in [-0.2, 0) is 19.6 Å². The number of carbonyl (C=O) groups is 1. The van der Waals surface area contributed by atoms with Gasteiger partial charge in [-0.15, -0.1) is 0 Å². The lowest BCUT2D eigenvalue weighted by atomic mass is 10.1. The Hall–Kier alpha value is -0.660. The lowest BCUT2D eigenvalue weighted by Gasteiger charge is -2.18. The van der Waals surface area contributed by atoms with Crippen molar-refractivity contribution in [2.45, 2.75) is 39.7 Å². The predicted molar refractivity (Wildman–Crippen MR) is 70.5 cm³/mol. The van der Waals surface area contributed by atoms with Crippen molar-refractivity contribution in [3.8, 4) is 0 Å². The van der Waals surface area contributed by atoms with Crippen molar-refractivity contribution < 1.29 is 17.9 Å². The number of hydrogen-bond donors (Lipinski definition) is 2. The Balaban J connectivity index is 4.24. The second kappa shape index (κ2) is 8.44. The van der Waals surface area contributed by atoms with Crippen molar-refractivity contribution in [3.63, 3.8) is 0 Å². The fraction of sp³-hybridized carbons (Fsp3) is 0.909. The van der Waals surface area contributed by atoms with Gasteiger partial charge in [-0.2, -0.15) is 0 Å². The van der Waals surface area contributed by atoms with E-state index in [0.29, 0.717) is 12.3 Å². The predicted octanol–water partition coefficient (Wildman–Crippen LogP) is 0.232. The number of esters is 1. The monoisotopic (exact) mass is 280 g/mol. The molecule has 0 fully saturated rings. The summed E-state index contributed by atoms with van der Waals surface area (Å²) in [6.07, 6.45) is 0.539. The Morgan fingerprint density at radius 3 is 2.44 bits per heavy atom. The summed E-state index contributed by atoms with van der Waals surface area (Å²) in [4.78, 5) is 11.1. The zero-order valence-corrected chi connectivity index (χ0v) is 12.1. The summed E-state index contributed by atoms with van der Waals surface area (Å²) in [5.41, 5.74) is 5.51. The highest BCUT2D eigenvalue weighted by atomic mass is 32.2. The molecule has 1 atom stereocenters. The average molecular weight is 280 g/mol. The highest BCUT2D eigenvalue weighted by Crippen LogP contribution is 2.05. The maximum atomic E-state index is 11.7. The highest BCUT2D eigenvalue weighted by Gasteiger charge is 2.19. The van der Waals surface area contributed by atoms with Gasteiger partial charge in [0, 0.05) is 12.6 Å². The largest absolute Gasteiger partial charge is 0.466 e. The quantitative estimate of drug-likeness (QED) is 0.589. The molecule has 0 saturated heterocycles. The first-order valence-corrected chi connectivity index (χ1v) is 7.81. The third kappa shape index (κ3) is 8.43. The van der Waals surface area contributed by atoms with Crippen LogP contribution in [-0.4, -0.2) is 39.3 Å². The Morgan fingerprint density at radius 1 is 1.39 bits per heavy atom. The lowest BCUT2D eigenvalue weighted by Crippen LogP contribution is -2.42. The van der Waals surface area contributed by atoms with Crippen molar-refractivity contribution in [1.82, 2.24) is 4.72 Å². The van der Waals surface area contributed by atoms with Crippen LogP contribution in [0.2, 0.25) is 0 Å². The molecular weight excluding hydrogens is 256 g/mol. The van der Waals surface area contributed by atoms with Crippen LogP contribution >= 0.6 is 0 Å². The fourth-order valence-electron chi connectivity index (χ4n) is 1.53. The molecule has 0 aliphatic heterocycles. The van der Waals surface area contributed by atoms with Crippen molar-refractivity contribution in [1.29, 1.82) is 0 Å². The van der Waals surface area contributed by atoms with Crippen LogP contribution in [0.15, 0.2) is 0 Å². The molecule has 108 valence electrons. The molecule has 0 aliphatic rings. The SMILES string of the molecule is CCOC(=O)CCS(=O)(=O)NC(CN)CC(C)C. The Kier molecular flexibility index (Phi) is 8.13. The molecule has 6 nitrogen and oxygen atoms in total. The lowest BCUT2D eigenvalue weighted by molar-refractivity contribution is -0.142. The first-order chi connectivity index (χ1) is 8.30. The molecule has 0 rings (SSSR count). The van der Waals surface area contributed by atoms with E-state index in [4.69, 9.17) is 5.73 Å². The molecule has 0 aromatic carbocycles. The van der Waals surface area contributed by atoms with E-state index in [1.54, 1.807) is 6.92 Å². The van der Waals surface area contributed by atoms with Gasteiger partial charge in [-0.05, 0) is 19.3 Å². The zero-order valence-electron chi connectivity index (χ0n) is 11.3. The summed E-state index contributed by atoms with van der Waals surface area (Å²) in [5.74, 6) is -0.414. The smallest absolute Gasteiger partial charge is 0.306 e. The van der Waals surface area contributed by atoms with Crippen molar-refractivity contribution >= 4 is 16.0 Å². The molecular formula is C11H24N2O4S. The van der Waals surface area contributed by atoms with Crippen LogP contribution < -0.4 is 10.5 Å². The van der Waals surface area contributed by atoms with E-state index in [9.17, 15) is 13.2 Å². The zero-order chi connectivity index (χ0) is 14.2. The van der Waals surface area contributed by atoms with Gasteiger partial charge in [0.15, 0.2) is 0 Å². The van der Waals surface area contributed by atoms with Crippen LogP contribution in [0.5, 0.6) is 0 Å². The van der Waals surface area contributed by atoms with Crippen LogP contribution in [0.4, 0.5) is 0 Å². The second-order valence-corrected chi connectivity index (χ2v) is 6.43. The van der Waals surface area contributed by atoms with E-state index in [1.807, 2.05) is 13.8 Å². The number of ether oxygens (including phenoxy) is 1. The Morgan fingerprint density at radius 2 is 2.00 bits per heavy atom. The molecule has 3 N–H and O–H groups in total. The van der Waals surface area contributed by atoms with E-state index >= 15 is 0 Å². The van der Waals surface area contributed by atoms with Gasteiger partial charge in [0.25, 0.3) is 0 Å². The summed E-state index contributed by atoms with van der Waals surface area (Å²) in [6.45, 7) is 6.17. The van der Waals surface area contributed by atoms with Crippen molar-refractivity contribution in [3.05, 3.63) is 0 Å². The van der Waals surface area contributed by atoms with Gasteiger partial charge in [-0.1, -0.05) is 13.8 Å². The van der Waals surface area contributed by atoms with E-state index in [1.165, 1.54) is 0 Å². The van der Waals surface area contributed by atoms with Gasteiger partial charge < -0.3 is 10.5 Å².